The first-order valence-corrected chi connectivity index (χ1v) is 6.20. The normalized spacial score (nSPS) is 10.3. The second-order valence-corrected chi connectivity index (χ2v) is 4.16. The maximum Gasteiger partial charge on any atom is 0.224 e. The molecule has 100 valence electrons. The summed E-state index contributed by atoms with van der Waals surface area (Å²) in [6.45, 7) is 4.69. The van der Waals surface area contributed by atoms with Crippen molar-refractivity contribution in [3.05, 3.63) is 41.8 Å². The van der Waals surface area contributed by atoms with Crippen LogP contribution < -0.4 is 10.2 Å². The van der Waals surface area contributed by atoms with Gasteiger partial charge >= 0.3 is 0 Å². The molecule has 2 aromatic rings. The Kier molecular flexibility index (Phi) is 3.94. The Labute approximate surface area is 112 Å². The number of nitrogens with one attached hydrogen (secondary N) is 1. The topological polar surface area (TPSA) is 41.1 Å². The zero-order valence-corrected chi connectivity index (χ0v) is 11.3. The van der Waals surface area contributed by atoms with Crippen LogP contribution >= 0.6 is 0 Å². The fourth-order valence-electron chi connectivity index (χ4n) is 1.90. The highest BCUT2D eigenvalue weighted by Gasteiger charge is 2.10. The van der Waals surface area contributed by atoms with Crippen LogP contribution in [-0.4, -0.2) is 23.6 Å². The summed E-state index contributed by atoms with van der Waals surface area (Å²) in [4.78, 5) is 10.7. The minimum atomic E-state index is -0.241. The van der Waals surface area contributed by atoms with E-state index in [-0.39, 0.29) is 5.82 Å². The average Bonchev–Trinajstić information content (AvgIpc) is 2.41. The minimum Gasteiger partial charge on any atom is -0.357 e. The van der Waals surface area contributed by atoms with E-state index in [9.17, 15) is 4.39 Å². The van der Waals surface area contributed by atoms with Gasteiger partial charge in [-0.1, -0.05) is 0 Å². The smallest absolute Gasteiger partial charge is 0.224 e. The van der Waals surface area contributed by atoms with Crippen LogP contribution in [0.3, 0.4) is 0 Å². The van der Waals surface area contributed by atoms with Crippen molar-refractivity contribution in [3.8, 4) is 0 Å². The molecule has 1 aromatic heterocycles. The Balaban J connectivity index is 2.41. The molecule has 5 heteroatoms. The molecule has 1 heterocycles. The monoisotopic (exact) mass is 260 g/mol. The fourth-order valence-corrected chi connectivity index (χ4v) is 1.90. The lowest BCUT2D eigenvalue weighted by Gasteiger charge is -2.22. The van der Waals surface area contributed by atoms with Crippen LogP contribution in [0.1, 0.15) is 12.6 Å². The second kappa shape index (κ2) is 5.65. The zero-order chi connectivity index (χ0) is 13.8. The molecule has 0 bridgehead atoms. The summed E-state index contributed by atoms with van der Waals surface area (Å²) >= 11 is 0. The van der Waals surface area contributed by atoms with Gasteiger partial charge in [0.15, 0.2) is 0 Å². The molecule has 19 heavy (non-hydrogen) atoms. The number of anilines is 3. The van der Waals surface area contributed by atoms with E-state index in [1.807, 2.05) is 24.8 Å². The van der Waals surface area contributed by atoms with Gasteiger partial charge in [0, 0.05) is 31.0 Å². The standard InChI is InChI=1S/C14H17FN4/c1-4-19(12-7-5-11(15)6-8-12)13-9-10(2)17-14(16-3)18-13/h5-9H,4H2,1-3H3,(H,16,17,18). The number of halogens is 1. The average molecular weight is 260 g/mol. The van der Waals surface area contributed by atoms with Gasteiger partial charge in [-0.2, -0.15) is 4.98 Å². The molecule has 2 rings (SSSR count). The first-order chi connectivity index (χ1) is 9.13. The Morgan fingerprint density at radius 3 is 2.47 bits per heavy atom. The third-order valence-corrected chi connectivity index (χ3v) is 2.80. The van der Waals surface area contributed by atoms with Crippen molar-refractivity contribution in [2.24, 2.45) is 0 Å². The molecular weight excluding hydrogens is 243 g/mol. The quantitative estimate of drug-likeness (QED) is 0.917. The lowest BCUT2D eigenvalue weighted by molar-refractivity contribution is 0.627. The molecule has 0 amide bonds. The Morgan fingerprint density at radius 2 is 1.89 bits per heavy atom. The van der Waals surface area contributed by atoms with Crippen molar-refractivity contribution in [3.63, 3.8) is 0 Å². The SMILES string of the molecule is CCN(c1ccc(F)cc1)c1cc(C)nc(NC)n1. The molecule has 0 atom stereocenters. The highest BCUT2D eigenvalue weighted by molar-refractivity contribution is 5.61. The first-order valence-electron chi connectivity index (χ1n) is 6.20. The third-order valence-electron chi connectivity index (χ3n) is 2.80. The van der Waals surface area contributed by atoms with Gasteiger partial charge in [0.05, 0.1) is 0 Å². The Bertz CT molecular complexity index is 554. The molecule has 0 aliphatic rings. The lowest BCUT2D eigenvalue weighted by Crippen LogP contribution is -2.18. The Morgan fingerprint density at radius 1 is 1.21 bits per heavy atom. The maximum absolute atomic E-state index is 13.0. The number of hydrogen-bond donors (Lipinski definition) is 1. The molecule has 0 unspecified atom stereocenters. The summed E-state index contributed by atoms with van der Waals surface area (Å²) in [5.74, 6) is 1.14. The van der Waals surface area contributed by atoms with E-state index >= 15 is 0 Å². The van der Waals surface area contributed by atoms with Crippen LogP contribution in [0.5, 0.6) is 0 Å². The van der Waals surface area contributed by atoms with Crippen molar-refractivity contribution in [2.45, 2.75) is 13.8 Å². The number of rotatable bonds is 4. The molecule has 0 fully saturated rings. The summed E-state index contributed by atoms with van der Waals surface area (Å²) in [6.07, 6.45) is 0. The maximum atomic E-state index is 13.0. The van der Waals surface area contributed by atoms with Gasteiger partial charge in [-0.05, 0) is 38.1 Å². The molecule has 0 aliphatic heterocycles. The number of nitrogens with zero attached hydrogens (tertiary/aromatic N) is 3. The molecule has 0 saturated heterocycles. The number of hydrogen-bond acceptors (Lipinski definition) is 4. The molecular formula is C14H17FN4. The van der Waals surface area contributed by atoms with Crippen molar-refractivity contribution < 1.29 is 4.39 Å². The predicted molar refractivity (Wildman–Crippen MR) is 75.4 cm³/mol. The summed E-state index contributed by atoms with van der Waals surface area (Å²) in [5.41, 5.74) is 1.79. The molecule has 4 nitrogen and oxygen atoms in total. The van der Waals surface area contributed by atoms with E-state index in [0.29, 0.717) is 5.95 Å². The highest BCUT2D eigenvalue weighted by Crippen LogP contribution is 2.24. The van der Waals surface area contributed by atoms with Gasteiger partial charge in [-0.3, -0.25) is 0 Å². The van der Waals surface area contributed by atoms with Crippen LogP contribution in [0.25, 0.3) is 0 Å². The summed E-state index contributed by atoms with van der Waals surface area (Å²) in [5, 5.41) is 2.94. The summed E-state index contributed by atoms with van der Waals surface area (Å²) in [6, 6.07) is 8.30. The van der Waals surface area contributed by atoms with Gasteiger partial charge in [-0.15, -0.1) is 0 Å². The van der Waals surface area contributed by atoms with Crippen molar-refractivity contribution >= 4 is 17.5 Å². The van der Waals surface area contributed by atoms with Crippen molar-refractivity contribution in [1.29, 1.82) is 0 Å². The summed E-state index contributed by atoms with van der Waals surface area (Å²) in [7, 11) is 1.78. The van der Waals surface area contributed by atoms with Crippen molar-refractivity contribution in [1.82, 2.24) is 9.97 Å². The lowest BCUT2D eigenvalue weighted by atomic mass is 10.2. The van der Waals surface area contributed by atoms with E-state index in [4.69, 9.17) is 0 Å². The molecule has 0 spiro atoms. The van der Waals surface area contributed by atoms with Gasteiger partial charge in [0.1, 0.15) is 11.6 Å². The van der Waals surface area contributed by atoms with Crippen LogP contribution in [0, 0.1) is 12.7 Å². The number of benzene rings is 1. The molecule has 0 radical (unpaired) electrons. The summed E-state index contributed by atoms with van der Waals surface area (Å²) < 4.78 is 13.0. The van der Waals surface area contributed by atoms with E-state index in [0.717, 1.165) is 23.7 Å². The third kappa shape index (κ3) is 2.99. The van der Waals surface area contributed by atoms with Gasteiger partial charge in [-0.25, -0.2) is 9.37 Å². The van der Waals surface area contributed by atoms with E-state index in [2.05, 4.69) is 15.3 Å². The predicted octanol–water partition coefficient (Wildman–Crippen LogP) is 3.12. The molecule has 0 aliphatic carbocycles. The van der Waals surface area contributed by atoms with E-state index in [1.54, 1.807) is 19.2 Å². The molecule has 1 aromatic carbocycles. The van der Waals surface area contributed by atoms with Gasteiger partial charge < -0.3 is 10.2 Å². The van der Waals surface area contributed by atoms with Crippen LogP contribution in [0.2, 0.25) is 0 Å². The zero-order valence-electron chi connectivity index (χ0n) is 11.3. The van der Waals surface area contributed by atoms with Crippen LogP contribution in [-0.2, 0) is 0 Å². The van der Waals surface area contributed by atoms with E-state index in [1.165, 1.54) is 12.1 Å². The fraction of sp³-hybridized carbons (Fsp3) is 0.286. The van der Waals surface area contributed by atoms with Gasteiger partial charge in [0.2, 0.25) is 5.95 Å². The first kappa shape index (κ1) is 13.3. The van der Waals surface area contributed by atoms with Gasteiger partial charge in [0.25, 0.3) is 0 Å². The number of aryl methyl sites for hydroxylation is 1. The molecule has 1 N–H and O–H groups in total. The highest BCUT2D eigenvalue weighted by atomic mass is 19.1. The van der Waals surface area contributed by atoms with Crippen molar-refractivity contribution in [2.75, 3.05) is 23.8 Å². The van der Waals surface area contributed by atoms with E-state index < -0.39 is 0 Å². The van der Waals surface area contributed by atoms with Crippen LogP contribution in [0.4, 0.5) is 21.8 Å². The molecule has 0 saturated carbocycles. The second-order valence-electron chi connectivity index (χ2n) is 4.16. The minimum absolute atomic E-state index is 0.241. The van der Waals surface area contributed by atoms with Crippen LogP contribution in [0.15, 0.2) is 30.3 Å². The largest absolute Gasteiger partial charge is 0.357 e. The Hall–Kier alpha value is -2.17. The number of aromatic nitrogens is 2.